The molecule has 0 aliphatic heterocycles. The van der Waals surface area contributed by atoms with E-state index in [2.05, 4.69) is 13.2 Å². The van der Waals surface area contributed by atoms with Gasteiger partial charge in [0.2, 0.25) is 0 Å². The van der Waals surface area contributed by atoms with Gasteiger partial charge in [-0.2, -0.15) is 8.42 Å². The minimum Gasteiger partial charge on any atom is -0.465 e. The molecular weight excluding hydrogens is 392 g/mol. The summed E-state index contributed by atoms with van der Waals surface area (Å²) in [5, 5.41) is 0. The Morgan fingerprint density at radius 3 is 1.82 bits per heavy atom. The van der Waals surface area contributed by atoms with Crippen LogP contribution in [0.1, 0.15) is 39.5 Å². The van der Waals surface area contributed by atoms with Gasteiger partial charge < -0.3 is 14.2 Å². The molecule has 0 radical (unpaired) electrons. The normalized spacial score (nSPS) is 14.2. The second-order valence-electron chi connectivity index (χ2n) is 6.09. The highest BCUT2D eigenvalue weighted by Gasteiger charge is 2.36. The third-order valence-electron chi connectivity index (χ3n) is 3.76. The minimum atomic E-state index is -3.97. The van der Waals surface area contributed by atoms with E-state index in [9.17, 15) is 22.8 Å². The smallest absolute Gasteiger partial charge is 0.330 e. The Bertz CT molecular complexity index is 626. The molecule has 28 heavy (non-hydrogen) atoms. The lowest BCUT2D eigenvalue weighted by Crippen LogP contribution is -2.40. The molecule has 0 aromatic carbocycles. The van der Waals surface area contributed by atoms with Crippen molar-refractivity contribution < 1.29 is 41.6 Å². The first-order chi connectivity index (χ1) is 13.0. The molecule has 0 aliphatic carbocycles. The number of esters is 3. The molecule has 2 unspecified atom stereocenters. The van der Waals surface area contributed by atoms with E-state index >= 15 is 0 Å². The van der Waals surface area contributed by atoms with Crippen molar-refractivity contribution in [1.29, 1.82) is 0 Å². The van der Waals surface area contributed by atoms with Crippen molar-refractivity contribution in [2.75, 3.05) is 12.4 Å². The van der Waals surface area contributed by atoms with Crippen LogP contribution in [0.2, 0.25) is 0 Å². The molecule has 160 valence electrons. The summed E-state index contributed by atoms with van der Waals surface area (Å²) in [6.45, 7) is 9.57. The third kappa shape index (κ3) is 11.5. The molecule has 1 N–H and O–H groups in total. The zero-order valence-corrected chi connectivity index (χ0v) is 17.0. The summed E-state index contributed by atoms with van der Waals surface area (Å²) in [5.41, 5.74) is 0. The lowest BCUT2D eigenvalue weighted by Gasteiger charge is -2.27. The Kier molecular flexibility index (Phi) is 12.0. The van der Waals surface area contributed by atoms with Crippen LogP contribution in [0.15, 0.2) is 25.3 Å². The summed E-state index contributed by atoms with van der Waals surface area (Å²) in [6, 6.07) is 0. The van der Waals surface area contributed by atoms with E-state index in [-0.39, 0.29) is 12.4 Å². The molecule has 0 fully saturated rings. The maximum atomic E-state index is 12.4. The largest absolute Gasteiger partial charge is 0.465 e. The van der Waals surface area contributed by atoms with Gasteiger partial charge in [-0.15, -0.1) is 0 Å². The number of carbonyl (C=O) groups excluding carboxylic acids is 3. The zero-order valence-electron chi connectivity index (χ0n) is 16.2. The van der Waals surface area contributed by atoms with Crippen molar-refractivity contribution in [1.82, 2.24) is 0 Å². The van der Waals surface area contributed by atoms with Crippen LogP contribution in [0, 0.1) is 5.92 Å². The molecule has 0 spiro atoms. The first-order valence-corrected chi connectivity index (χ1v) is 10.4. The monoisotopic (exact) mass is 420 g/mol. The fraction of sp³-hybridized carbons (Fsp3) is 0.611. The molecule has 0 amide bonds. The third-order valence-corrected chi connectivity index (χ3v) is 4.57. The van der Waals surface area contributed by atoms with Gasteiger partial charge in [-0.3, -0.25) is 9.35 Å². The lowest BCUT2D eigenvalue weighted by molar-refractivity contribution is -0.168. The van der Waals surface area contributed by atoms with E-state index in [0.717, 1.165) is 12.2 Å². The Morgan fingerprint density at radius 2 is 1.39 bits per heavy atom. The number of hydrogen-bond donors (Lipinski definition) is 1. The summed E-state index contributed by atoms with van der Waals surface area (Å²) < 4.78 is 45.2. The Balaban J connectivity index is 4.65. The maximum Gasteiger partial charge on any atom is 0.330 e. The van der Waals surface area contributed by atoms with Gasteiger partial charge in [0, 0.05) is 12.2 Å². The number of unbranched alkanes of at least 4 members (excludes halogenated alkanes) is 3. The van der Waals surface area contributed by atoms with Gasteiger partial charge in [-0.25, -0.2) is 9.59 Å². The van der Waals surface area contributed by atoms with Gasteiger partial charge in [0.05, 0.1) is 12.4 Å². The molecule has 0 saturated heterocycles. The zero-order chi connectivity index (χ0) is 21.7. The number of hydrogen-bond acceptors (Lipinski definition) is 8. The maximum absolute atomic E-state index is 12.4. The quantitative estimate of drug-likeness (QED) is 0.147. The lowest BCUT2D eigenvalue weighted by atomic mass is 9.97. The second kappa shape index (κ2) is 13.1. The van der Waals surface area contributed by atoms with Crippen molar-refractivity contribution in [2.45, 2.75) is 51.7 Å². The van der Waals surface area contributed by atoms with Crippen LogP contribution in [0.25, 0.3) is 0 Å². The summed E-state index contributed by atoms with van der Waals surface area (Å²) >= 11 is 0. The van der Waals surface area contributed by atoms with E-state index in [1.54, 1.807) is 0 Å². The Morgan fingerprint density at radius 1 is 0.929 bits per heavy atom. The molecule has 0 aromatic heterocycles. The highest BCUT2D eigenvalue weighted by Crippen LogP contribution is 2.19. The van der Waals surface area contributed by atoms with Gasteiger partial charge in [-0.1, -0.05) is 26.0 Å². The van der Waals surface area contributed by atoms with Gasteiger partial charge in [-0.05, 0) is 26.7 Å². The predicted molar refractivity (Wildman–Crippen MR) is 101 cm³/mol. The van der Waals surface area contributed by atoms with Crippen LogP contribution >= 0.6 is 0 Å². The van der Waals surface area contributed by atoms with E-state index in [1.165, 1.54) is 13.8 Å². The van der Waals surface area contributed by atoms with Gasteiger partial charge in [0.25, 0.3) is 10.1 Å². The van der Waals surface area contributed by atoms with Gasteiger partial charge in [0.15, 0.2) is 0 Å². The number of ether oxygens (including phenoxy) is 3. The number of carbonyl (C=O) groups is 3. The van der Waals surface area contributed by atoms with Crippen molar-refractivity contribution in [3.8, 4) is 0 Å². The summed E-state index contributed by atoms with van der Waals surface area (Å²) in [4.78, 5) is 35.2. The van der Waals surface area contributed by atoms with Crippen molar-refractivity contribution in [3.63, 3.8) is 0 Å². The highest BCUT2D eigenvalue weighted by molar-refractivity contribution is 7.85. The van der Waals surface area contributed by atoms with Crippen LogP contribution in [-0.4, -0.2) is 55.4 Å². The van der Waals surface area contributed by atoms with E-state index in [0.29, 0.717) is 25.7 Å². The molecule has 9 nitrogen and oxygen atoms in total. The molecule has 0 aromatic rings. The fourth-order valence-electron chi connectivity index (χ4n) is 2.38. The van der Waals surface area contributed by atoms with Crippen molar-refractivity contribution >= 4 is 28.0 Å². The van der Waals surface area contributed by atoms with Crippen LogP contribution < -0.4 is 0 Å². The van der Waals surface area contributed by atoms with Crippen molar-refractivity contribution in [3.05, 3.63) is 25.3 Å². The SMILES string of the molecule is C=CC(=O)OC(C)C(C(=O)OCCCCCCS(=O)(=O)O)C(C)OC(=O)C=C. The molecule has 0 aliphatic rings. The standard InChI is InChI=1S/C18H28O9S/c1-5-15(19)26-13(3)17(14(4)27-16(20)6-2)18(21)25-11-9-7-8-10-12-28(22,23)24/h5-6,13-14,17H,1-2,7-12H2,3-4H3,(H,22,23,24). The first-order valence-electron chi connectivity index (χ1n) is 8.79. The fourth-order valence-corrected chi connectivity index (χ4v) is 2.95. The highest BCUT2D eigenvalue weighted by atomic mass is 32.2. The molecule has 0 heterocycles. The summed E-state index contributed by atoms with van der Waals surface area (Å²) in [6.07, 6.45) is 1.96. The number of rotatable bonds is 14. The molecule has 10 heteroatoms. The van der Waals surface area contributed by atoms with Crippen molar-refractivity contribution in [2.24, 2.45) is 5.92 Å². The molecular formula is C18H28O9S. The summed E-state index contributed by atoms with van der Waals surface area (Å²) in [5.74, 6) is -3.52. The van der Waals surface area contributed by atoms with Crippen LogP contribution in [0.4, 0.5) is 0 Å². The van der Waals surface area contributed by atoms with E-state index < -0.39 is 46.2 Å². The van der Waals surface area contributed by atoms with E-state index in [4.69, 9.17) is 18.8 Å². The molecule has 0 saturated carbocycles. The second-order valence-corrected chi connectivity index (χ2v) is 7.66. The minimum absolute atomic E-state index is 0.0610. The Labute approximate surface area is 165 Å². The van der Waals surface area contributed by atoms with Gasteiger partial charge in [0.1, 0.15) is 18.1 Å². The molecule has 0 rings (SSSR count). The van der Waals surface area contributed by atoms with Crippen LogP contribution in [-0.2, 0) is 38.7 Å². The predicted octanol–water partition coefficient (Wildman–Crippen LogP) is 1.83. The average molecular weight is 420 g/mol. The van der Waals surface area contributed by atoms with E-state index in [1.807, 2.05) is 0 Å². The Hall–Kier alpha value is -2.20. The summed E-state index contributed by atoms with van der Waals surface area (Å²) in [7, 11) is -3.97. The van der Waals surface area contributed by atoms with Crippen LogP contribution in [0.5, 0.6) is 0 Å². The average Bonchev–Trinajstić information content (AvgIpc) is 2.59. The van der Waals surface area contributed by atoms with Crippen LogP contribution in [0.3, 0.4) is 0 Å². The first kappa shape index (κ1) is 25.8. The molecule has 2 atom stereocenters. The topological polar surface area (TPSA) is 133 Å². The molecule has 0 bridgehead atoms. The van der Waals surface area contributed by atoms with Gasteiger partial charge >= 0.3 is 17.9 Å².